The number of rotatable bonds is 6. The van der Waals surface area contributed by atoms with Gasteiger partial charge in [0.15, 0.2) is 11.5 Å². The van der Waals surface area contributed by atoms with Crippen molar-refractivity contribution in [1.82, 2.24) is 9.97 Å². The van der Waals surface area contributed by atoms with Crippen LogP contribution in [-0.4, -0.2) is 16.6 Å². The predicted molar refractivity (Wildman–Crippen MR) is 134 cm³/mol. The number of H-pyrrole nitrogens is 1. The molecule has 0 atom stereocenters. The minimum absolute atomic E-state index is 0.0598. The van der Waals surface area contributed by atoms with Crippen LogP contribution in [0.5, 0.6) is 11.5 Å². The number of aryl methyl sites for hydroxylation is 2. The van der Waals surface area contributed by atoms with Gasteiger partial charge in [0.1, 0.15) is 17.3 Å². The Balaban J connectivity index is 1.46. The first-order valence-corrected chi connectivity index (χ1v) is 12.5. The summed E-state index contributed by atoms with van der Waals surface area (Å²) in [6, 6.07) is 13.2. The number of thiophene rings is 1. The molecule has 170 valence electrons. The summed E-state index contributed by atoms with van der Waals surface area (Å²) < 4.78 is 11.9. The summed E-state index contributed by atoms with van der Waals surface area (Å²) in [7, 11) is 0. The second kappa shape index (κ2) is 9.57. The molecule has 1 aliphatic rings. The zero-order chi connectivity index (χ0) is 22.8. The minimum atomic E-state index is -0.0598. The summed E-state index contributed by atoms with van der Waals surface area (Å²) in [6.07, 6.45) is 5.54. The molecule has 1 N–H and O–H groups in total. The quantitative estimate of drug-likeness (QED) is 0.318. The highest BCUT2D eigenvalue weighted by molar-refractivity contribution is 7.18. The minimum Gasteiger partial charge on any atom is -0.490 e. The van der Waals surface area contributed by atoms with Gasteiger partial charge in [-0.15, -0.1) is 11.3 Å². The van der Waals surface area contributed by atoms with E-state index in [0.29, 0.717) is 35.6 Å². The van der Waals surface area contributed by atoms with Crippen molar-refractivity contribution in [3.8, 4) is 22.9 Å². The van der Waals surface area contributed by atoms with Crippen molar-refractivity contribution < 1.29 is 9.47 Å². The topological polar surface area (TPSA) is 64.2 Å². The van der Waals surface area contributed by atoms with Crippen LogP contribution in [0, 0.1) is 0 Å². The van der Waals surface area contributed by atoms with Crippen molar-refractivity contribution in [2.24, 2.45) is 0 Å². The molecule has 0 bridgehead atoms. The highest BCUT2D eigenvalue weighted by Gasteiger charge is 2.20. The van der Waals surface area contributed by atoms with Crippen LogP contribution < -0.4 is 15.0 Å². The maximum Gasteiger partial charge on any atom is 0.260 e. The van der Waals surface area contributed by atoms with E-state index < -0.39 is 0 Å². The maximum absolute atomic E-state index is 13.0. The summed E-state index contributed by atoms with van der Waals surface area (Å²) in [4.78, 5) is 23.0. The highest BCUT2D eigenvalue weighted by atomic mass is 35.5. The van der Waals surface area contributed by atoms with Gasteiger partial charge in [-0.25, -0.2) is 4.98 Å². The van der Waals surface area contributed by atoms with Gasteiger partial charge in [-0.1, -0.05) is 30.2 Å². The molecule has 0 radical (unpaired) electrons. The Hall–Kier alpha value is -2.83. The number of fused-ring (bicyclic) bond motifs is 3. The summed E-state index contributed by atoms with van der Waals surface area (Å²) >= 11 is 7.63. The Bertz CT molecular complexity index is 1340. The maximum atomic E-state index is 13.0. The van der Waals surface area contributed by atoms with E-state index in [1.165, 1.54) is 23.3 Å². The lowest BCUT2D eigenvalue weighted by Gasteiger charge is -2.13. The highest BCUT2D eigenvalue weighted by Crippen LogP contribution is 2.35. The number of ether oxygens (including phenoxy) is 2. The zero-order valence-corrected chi connectivity index (χ0v) is 20.0. The number of nitrogens with zero attached hydrogens (tertiary/aromatic N) is 1. The molecule has 4 aromatic rings. The summed E-state index contributed by atoms with van der Waals surface area (Å²) in [5.74, 6) is 1.81. The van der Waals surface area contributed by atoms with Crippen LogP contribution in [0.3, 0.4) is 0 Å². The lowest BCUT2D eigenvalue weighted by molar-refractivity contribution is 0.269. The fourth-order valence-corrected chi connectivity index (χ4v) is 5.65. The Morgan fingerprint density at radius 1 is 1.03 bits per heavy atom. The van der Waals surface area contributed by atoms with Gasteiger partial charge in [0, 0.05) is 15.5 Å². The first kappa shape index (κ1) is 22.0. The molecule has 0 aliphatic heterocycles. The normalized spacial score (nSPS) is 13.5. The van der Waals surface area contributed by atoms with Gasteiger partial charge >= 0.3 is 0 Å². The number of hydrogen-bond donors (Lipinski definition) is 1. The first-order valence-electron chi connectivity index (χ1n) is 11.3. The van der Waals surface area contributed by atoms with Crippen molar-refractivity contribution in [3.63, 3.8) is 0 Å². The van der Waals surface area contributed by atoms with E-state index in [4.69, 9.17) is 26.1 Å². The summed E-state index contributed by atoms with van der Waals surface area (Å²) in [5, 5.41) is 1.47. The molecule has 2 heterocycles. The third-order valence-electron chi connectivity index (χ3n) is 5.90. The van der Waals surface area contributed by atoms with Gasteiger partial charge in [-0.2, -0.15) is 0 Å². The Morgan fingerprint density at radius 3 is 2.67 bits per heavy atom. The van der Waals surface area contributed by atoms with Crippen molar-refractivity contribution >= 4 is 33.2 Å². The van der Waals surface area contributed by atoms with Crippen LogP contribution in [0.4, 0.5) is 0 Å². The first-order chi connectivity index (χ1) is 16.1. The fourth-order valence-electron chi connectivity index (χ4n) is 4.26. The monoisotopic (exact) mass is 480 g/mol. The third-order valence-corrected chi connectivity index (χ3v) is 7.34. The van der Waals surface area contributed by atoms with Gasteiger partial charge in [-0.3, -0.25) is 4.79 Å². The lowest BCUT2D eigenvalue weighted by atomic mass is 10.1. The number of halogens is 1. The second-order valence-electron chi connectivity index (χ2n) is 8.17. The number of aromatic nitrogens is 2. The van der Waals surface area contributed by atoms with Gasteiger partial charge in [0.2, 0.25) is 0 Å². The molecule has 7 heteroatoms. The smallest absolute Gasteiger partial charge is 0.260 e. The van der Waals surface area contributed by atoms with Crippen LogP contribution in [0.25, 0.3) is 21.6 Å². The van der Waals surface area contributed by atoms with E-state index in [1.54, 1.807) is 11.3 Å². The van der Waals surface area contributed by atoms with Crippen molar-refractivity contribution in [1.29, 1.82) is 0 Å². The molecule has 0 amide bonds. The number of hydrogen-bond acceptors (Lipinski definition) is 5. The number of aromatic amines is 1. The van der Waals surface area contributed by atoms with Gasteiger partial charge in [0.05, 0.1) is 12.0 Å². The molecule has 0 spiro atoms. The van der Waals surface area contributed by atoms with Crippen molar-refractivity contribution in [3.05, 3.63) is 73.8 Å². The largest absolute Gasteiger partial charge is 0.490 e. The molecule has 0 unspecified atom stereocenters. The predicted octanol–water partition coefficient (Wildman–Crippen LogP) is 6.55. The van der Waals surface area contributed by atoms with Gasteiger partial charge in [0.25, 0.3) is 5.56 Å². The van der Waals surface area contributed by atoms with Gasteiger partial charge in [-0.05, 0) is 74.1 Å². The molecule has 0 fully saturated rings. The molecule has 33 heavy (non-hydrogen) atoms. The van der Waals surface area contributed by atoms with E-state index in [2.05, 4.69) is 4.98 Å². The van der Waals surface area contributed by atoms with E-state index in [1.807, 2.05) is 49.4 Å². The Morgan fingerprint density at radius 2 is 1.85 bits per heavy atom. The third kappa shape index (κ3) is 4.63. The SMILES string of the molecule is CCOc1cc(-c2nc3sc4c(c3c(=O)[nH]2)CCCCC4)ccc1OCc1ccc(Cl)cc1. The summed E-state index contributed by atoms with van der Waals surface area (Å²) in [6.45, 7) is 2.83. The Kier molecular flexibility index (Phi) is 6.38. The van der Waals surface area contributed by atoms with Crippen LogP contribution >= 0.6 is 22.9 Å². The van der Waals surface area contributed by atoms with Crippen LogP contribution in [0.2, 0.25) is 5.02 Å². The van der Waals surface area contributed by atoms with Crippen LogP contribution in [0.15, 0.2) is 47.3 Å². The lowest BCUT2D eigenvalue weighted by Crippen LogP contribution is -2.10. The second-order valence-corrected chi connectivity index (χ2v) is 9.69. The van der Waals surface area contributed by atoms with Crippen LogP contribution in [-0.2, 0) is 19.4 Å². The molecule has 0 saturated carbocycles. The van der Waals surface area contributed by atoms with Crippen molar-refractivity contribution in [2.45, 2.75) is 45.6 Å². The molecule has 2 aromatic heterocycles. The molecular weight excluding hydrogens is 456 g/mol. The van der Waals surface area contributed by atoms with Crippen LogP contribution in [0.1, 0.15) is 42.2 Å². The standard InChI is InChI=1S/C26H25ClN2O3S/c1-2-31-21-14-17(10-13-20(21)32-15-16-8-11-18(27)12-9-16)24-28-25(30)23-19-6-4-3-5-7-22(19)33-26(23)29-24/h8-14H,2-7,15H2,1H3,(H,28,29,30). The molecule has 2 aromatic carbocycles. The van der Waals surface area contributed by atoms with E-state index in [-0.39, 0.29) is 5.56 Å². The molecular formula is C26H25ClN2O3S. The van der Waals surface area contributed by atoms with E-state index in [0.717, 1.165) is 40.6 Å². The molecule has 5 rings (SSSR count). The Labute approximate surface area is 201 Å². The number of nitrogens with one attached hydrogen (secondary N) is 1. The molecule has 1 aliphatic carbocycles. The van der Waals surface area contributed by atoms with Gasteiger partial charge < -0.3 is 14.5 Å². The number of benzene rings is 2. The molecule has 0 saturated heterocycles. The average Bonchev–Trinajstić information content (AvgIpc) is 3.01. The summed E-state index contributed by atoms with van der Waals surface area (Å²) in [5.41, 5.74) is 2.95. The fraction of sp³-hybridized carbons (Fsp3) is 0.308. The van der Waals surface area contributed by atoms with E-state index in [9.17, 15) is 4.79 Å². The van der Waals surface area contributed by atoms with Crippen molar-refractivity contribution in [2.75, 3.05) is 6.61 Å². The zero-order valence-electron chi connectivity index (χ0n) is 18.4. The van der Waals surface area contributed by atoms with E-state index >= 15 is 0 Å². The molecule has 5 nitrogen and oxygen atoms in total. The average molecular weight is 481 g/mol.